The van der Waals surface area contributed by atoms with Crippen molar-refractivity contribution in [3.05, 3.63) is 96.1 Å². The Balaban J connectivity index is 1.65. The van der Waals surface area contributed by atoms with Crippen molar-refractivity contribution in [2.45, 2.75) is 6.61 Å². The standard InChI is InChI=1S/C21H18N2O3/c24-20(22-17-11-5-2-6-12-17)18-13-7-8-14-19(18)23-21(25)26-15-16-9-3-1-4-10-16/h1-14H,15H2,(H,22,24)(H,23,25). The molecule has 0 aliphatic rings. The normalized spacial score (nSPS) is 10.0. The summed E-state index contributed by atoms with van der Waals surface area (Å²) in [4.78, 5) is 24.5. The Labute approximate surface area is 151 Å². The van der Waals surface area contributed by atoms with Crippen LogP contribution in [0, 0.1) is 0 Å². The lowest BCUT2D eigenvalue weighted by molar-refractivity contribution is 0.102. The minimum atomic E-state index is -0.617. The number of amides is 2. The fourth-order valence-corrected chi connectivity index (χ4v) is 2.38. The third-order valence-corrected chi connectivity index (χ3v) is 3.65. The maximum Gasteiger partial charge on any atom is 0.411 e. The summed E-state index contributed by atoms with van der Waals surface area (Å²) in [6.45, 7) is 0.158. The highest BCUT2D eigenvalue weighted by Gasteiger charge is 2.14. The van der Waals surface area contributed by atoms with E-state index in [-0.39, 0.29) is 12.5 Å². The number of rotatable bonds is 5. The van der Waals surface area contributed by atoms with Crippen molar-refractivity contribution in [1.82, 2.24) is 0 Å². The van der Waals surface area contributed by atoms with Crippen LogP contribution in [0.15, 0.2) is 84.9 Å². The number of hydrogen-bond donors (Lipinski definition) is 2. The Morgan fingerprint density at radius 3 is 2.08 bits per heavy atom. The number of carbonyl (C=O) groups excluding carboxylic acids is 2. The van der Waals surface area contributed by atoms with Gasteiger partial charge in [0, 0.05) is 5.69 Å². The van der Waals surface area contributed by atoms with Gasteiger partial charge in [0.2, 0.25) is 0 Å². The molecular formula is C21H18N2O3. The molecule has 0 radical (unpaired) electrons. The number of carbonyl (C=O) groups is 2. The van der Waals surface area contributed by atoms with Gasteiger partial charge in [0.25, 0.3) is 5.91 Å². The molecule has 0 aliphatic carbocycles. The summed E-state index contributed by atoms with van der Waals surface area (Å²) in [6, 6.07) is 25.3. The Hall–Kier alpha value is -3.60. The zero-order chi connectivity index (χ0) is 18.2. The van der Waals surface area contributed by atoms with Crippen LogP contribution in [0.4, 0.5) is 16.2 Å². The molecule has 2 N–H and O–H groups in total. The summed E-state index contributed by atoms with van der Waals surface area (Å²) < 4.78 is 5.20. The molecule has 0 heterocycles. The van der Waals surface area contributed by atoms with Crippen LogP contribution in [0.2, 0.25) is 0 Å². The van der Waals surface area contributed by atoms with E-state index in [1.165, 1.54) is 0 Å². The number of ether oxygens (including phenoxy) is 1. The van der Waals surface area contributed by atoms with Crippen LogP contribution in [-0.2, 0) is 11.3 Å². The second-order valence-corrected chi connectivity index (χ2v) is 5.55. The molecule has 0 aliphatic heterocycles. The molecule has 0 saturated carbocycles. The van der Waals surface area contributed by atoms with E-state index in [2.05, 4.69) is 10.6 Å². The molecule has 3 rings (SSSR count). The fourth-order valence-electron chi connectivity index (χ4n) is 2.38. The predicted octanol–water partition coefficient (Wildman–Crippen LogP) is 4.69. The van der Waals surface area contributed by atoms with Gasteiger partial charge in [-0.2, -0.15) is 0 Å². The zero-order valence-electron chi connectivity index (χ0n) is 14.0. The van der Waals surface area contributed by atoms with E-state index >= 15 is 0 Å². The maximum absolute atomic E-state index is 12.5. The molecule has 2 amide bonds. The molecule has 130 valence electrons. The first-order valence-corrected chi connectivity index (χ1v) is 8.15. The molecule has 0 atom stereocenters. The lowest BCUT2D eigenvalue weighted by Gasteiger charge is -2.12. The summed E-state index contributed by atoms with van der Waals surface area (Å²) in [5.41, 5.74) is 2.31. The quantitative estimate of drug-likeness (QED) is 0.704. The number of benzene rings is 3. The number of para-hydroxylation sites is 2. The highest BCUT2D eigenvalue weighted by molar-refractivity contribution is 6.09. The van der Waals surface area contributed by atoms with Crippen molar-refractivity contribution in [3.8, 4) is 0 Å². The summed E-state index contributed by atoms with van der Waals surface area (Å²) in [7, 11) is 0. The Bertz CT molecular complexity index is 880. The fraction of sp³-hybridized carbons (Fsp3) is 0.0476. The van der Waals surface area contributed by atoms with Crippen LogP contribution in [0.3, 0.4) is 0 Å². The van der Waals surface area contributed by atoms with Crippen LogP contribution < -0.4 is 10.6 Å². The van der Waals surface area contributed by atoms with E-state index in [4.69, 9.17) is 4.74 Å². The van der Waals surface area contributed by atoms with Crippen LogP contribution in [0.5, 0.6) is 0 Å². The monoisotopic (exact) mass is 346 g/mol. The van der Waals surface area contributed by atoms with Crippen molar-refractivity contribution in [2.75, 3.05) is 10.6 Å². The second kappa shape index (κ2) is 8.48. The van der Waals surface area contributed by atoms with Gasteiger partial charge >= 0.3 is 6.09 Å². The molecule has 0 bridgehead atoms. The first-order chi connectivity index (χ1) is 12.7. The first kappa shape index (κ1) is 17.2. The Morgan fingerprint density at radius 2 is 1.35 bits per heavy atom. The van der Waals surface area contributed by atoms with Gasteiger partial charge in [-0.3, -0.25) is 10.1 Å². The smallest absolute Gasteiger partial charge is 0.411 e. The highest BCUT2D eigenvalue weighted by Crippen LogP contribution is 2.18. The summed E-state index contributed by atoms with van der Waals surface area (Å²) in [6.07, 6.45) is -0.617. The summed E-state index contributed by atoms with van der Waals surface area (Å²) in [5.74, 6) is -0.310. The molecular weight excluding hydrogens is 328 g/mol. The molecule has 0 aromatic heterocycles. The molecule has 5 heteroatoms. The van der Waals surface area contributed by atoms with Gasteiger partial charge in [0.1, 0.15) is 6.61 Å². The van der Waals surface area contributed by atoms with E-state index < -0.39 is 6.09 Å². The number of nitrogens with one attached hydrogen (secondary N) is 2. The molecule has 0 fully saturated rings. The van der Waals surface area contributed by atoms with Crippen LogP contribution in [-0.4, -0.2) is 12.0 Å². The topological polar surface area (TPSA) is 67.4 Å². The van der Waals surface area contributed by atoms with Gasteiger partial charge in [-0.1, -0.05) is 60.7 Å². The van der Waals surface area contributed by atoms with Crippen LogP contribution >= 0.6 is 0 Å². The summed E-state index contributed by atoms with van der Waals surface area (Å²) in [5, 5.41) is 5.42. The van der Waals surface area contributed by atoms with Gasteiger partial charge in [0.05, 0.1) is 11.3 Å². The molecule has 0 unspecified atom stereocenters. The summed E-state index contributed by atoms with van der Waals surface area (Å²) >= 11 is 0. The number of anilines is 2. The minimum absolute atomic E-state index is 0.158. The second-order valence-electron chi connectivity index (χ2n) is 5.55. The predicted molar refractivity (Wildman–Crippen MR) is 101 cm³/mol. The van der Waals surface area contributed by atoms with Crippen molar-refractivity contribution in [3.63, 3.8) is 0 Å². The Morgan fingerprint density at radius 1 is 0.731 bits per heavy atom. The van der Waals surface area contributed by atoms with E-state index in [0.29, 0.717) is 16.9 Å². The molecule has 3 aromatic rings. The lowest BCUT2D eigenvalue weighted by atomic mass is 10.1. The molecule has 3 aromatic carbocycles. The third-order valence-electron chi connectivity index (χ3n) is 3.65. The molecule has 0 spiro atoms. The lowest BCUT2D eigenvalue weighted by Crippen LogP contribution is -2.18. The molecule has 5 nitrogen and oxygen atoms in total. The SMILES string of the molecule is O=C(Nc1ccccc1C(=O)Nc1ccccc1)OCc1ccccc1. The maximum atomic E-state index is 12.5. The van der Waals surface area contributed by atoms with Crippen molar-refractivity contribution < 1.29 is 14.3 Å². The van der Waals surface area contributed by atoms with Crippen molar-refractivity contribution >= 4 is 23.4 Å². The van der Waals surface area contributed by atoms with Gasteiger partial charge in [-0.05, 0) is 29.8 Å². The van der Waals surface area contributed by atoms with Gasteiger partial charge in [-0.15, -0.1) is 0 Å². The van der Waals surface area contributed by atoms with Gasteiger partial charge in [0.15, 0.2) is 0 Å². The first-order valence-electron chi connectivity index (χ1n) is 8.15. The van der Waals surface area contributed by atoms with Crippen LogP contribution in [0.1, 0.15) is 15.9 Å². The van der Waals surface area contributed by atoms with Crippen LogP contribution in [0.25, 0.3) is 0 Å². The average molecular weight is 346 g/mol. The number of hydrogen-bond acceptors (Lipinski definition) is 3. The van der Waals surface area contributed by atoms with E-state index in [1.54, 1.807) is 36.4 Å². The third kappa shape index (κ3) is 4.70. The zero-order valence-corrected chi connectivity index (χ0v) is 14.0. The largest absolute Gasteiger partial charge is 0.444 e. The van der Waals surface area contributed by atoms with Crippen molar-refractivity contribution in [1.29, 1.82) is 0 Å². The molecule has 0 saturated heterocycles. The van der Waals surface area contributed by atoms with E-state index in [1.807, 2.05) is 48.5 Å². The van der Waals surface area contributed by atoms with Gasteiger partial charge < -0.3 is 10.1 Å². The highest BCUT2D eigenvalue weighted by atomic mass is 16.5. The average Bonchev–Trinajstić information content (AvgIpc) is 2.68. The van der Waals surface area contributed by atoms with E-state index in [0.717, 1.165) is 5.56 Å². The molecule has 26 heavy (non-hydrogen) atoms. The van der Waals surface area contributed by atoms with Gasteiger partial charge in [-0.25, -0.2) is 4.79 Å². The van der Waals surface area contributed by atoms with Crippen molar-refractivity contribution in [2.24, 2.45) is 0 Å². The van der Waals surface area contributed by atoms with E-state index in [9.17, 15) is 9.59 Å². The minimum Gasteiger partial charge on any atom is -0.444 e. The Kier molecular flexibility index (Phi) is 5.62.